The number of hydrogen-bond donors (Lipinski definition) is 2. The van der Waals surface area contributed by atoms with Crippen molar-refractivity contribution in [2.45, 2.75) is 36.7 Å². The fraction of sp³-hybridized carbons (Fsp3) is 0.267. The van der Waals surface area contributed by atoms with E-state index in [-0.39, 0.29) is 5.91 Å². The number of amides is 1. The molecule has 0 saturated heterocycles. The van der Waals surface area contributed by atoms with Gasteiger partial charge in [-0.25, -0.2) is 9.97 Å². The summed E-state index contributed by atoms with van der Waals surface area (Å²) >= 11 is 1.46. The lowest BCUT2D eigenvalue weighted by atomic mass is 10.0. The van der Waals surface area contributed by atoms with Crippen LogP contribution in [0.15, 0.2) is 28.3 Å². The van der Waals surface area contributed by atoms with Gasteiger partial charge in [-0.1, -0.05) is 0 Å². The minimum absolute atomic E-state index is 0.0416. The van der Waals surface area contributed by atoms with Gasteiger partial charge in [-0.2, -0.15) is 0 Å². The van der Waals surface area contributed by atoms with Gasteiger partial charge in [0, 0.05) is 34.1 Å². The average Bonchev–Trinajstić information content (AvgIpc) is 2.38. The molecule has 21 heavy (non-hydrogen) atoms. The monoisotopic (exact) mass is 300 g/mol. The standard InChI is InChI=1S/C15H16N4OS/c1-8-5-9(2)18-15(17-8)21-13-6-10-3-4-14(20)19-12(10)7-11(13)16/h5-7H,3-4,16H2,1-2H3,(H,19,20). The fourth-order valence-corrected chi connectivity index (χ4v) is 3.30. The Morgan fingerprint density at radius 3 is 2.57 bits per heavy atom. The number of carbonyl (C=O) groups excluding carboxylic acids is 1. The third-order valence-corrected chi connectivity index (χ3v) is 4.23. The van der Waals surface area contributed by atoms with Crippen LogP contribution in [0.4, 0.5) is 11.4 Å². The Labute approximate surface area is 127 Å². The summed E-state index contributed by atoms with van der Waals surface area (Å²) in [6.07, 6.45) is 1.25. The second kappa shape index (κ2) is 5.37. The topological polar surface area (TPSA) is 80.9 Å². The second-order valence-electron chi connectivity index (χ2n) is 5.13. The first-order valence-electron chi connectivity index (χ1n) is 6.73. The normalized spacial score (nSPS) is 13.7. The van der Waals surface area contributed by atoms with Gasteiger partial charge in [0.25, 0.3) is 0 Å². The van der Waals surface area contributed by atoms with Crippen molar-refractivity contribution in [2.24, 2.45) is 0 Å². The summed E-state index contributed by atoms with van der Waals surface area (Å²) in [6, 6.07) is 5.78. The second-order valence-corrected chi connectivity index (χ2v) is 6.14. The Kier molecular flexibility index (Phi) is 3.55. The van der Waals surface area contributed by atoms with Crippen molar-refractivity contribution < 1.29 is 4.79 Å². The Balaban J connectivity index is 1.94. The number of rotatable bonds is 2. The van der Waals surface area contributed by atoms with Crippen molar-refractivity contribution >= 4 is 29.0 Å². The van der Waals surface area contributed by atoms with Crippen LogP contribution in [0.3, 0.4) is 0 Å². The molecule has 0 unspecified atom stereocenters. The maximum atomic E-state index is 11.4. The summed E-state index contributed by atoms with van der Waals surface area (Å²) in [7, 11) is 0. The molecule has 0 atom stereocenters. The van der Waals surface area contributed by atoms with E-state index >= 15 is 0 Å². The summed E-state index contributed by atoms with van der Waals surface area (Å²) in [5.41, 5.74) is 10.5. The zero-order valence-electron chi connectivity index (χ0n) is 11.9. The van der Waals surface area contributed by atoms with Gasteiger partial charge in [0.1, 0.15) is 0 Å². The number of nitrogens with two attached hydrogens (primary N) is 1. The smallest absolute Gasteiger partial charge is 0.224 e. The predicted molar refractivity (Wildman–Crippen MR) is 83.4 cm³/mol. The molecule has 0 spiro atoms. The molecule has 6 heteroatoms. The van der Waals surface area contributed by atoms with Crippen LogP contribution in [0, 0.1) is 13.8 Å². The van der Waals surface area contributed by atoms with Crippen LogP contribution >= 0.6 is 11.8 Å². The first-order chi connectivity index (χ1) is 10.0. The molecule has 1 aliphatic rings. The molecule has 3 N–H and O–H groups in total. The number of hydrogen-bond acceptors (Lipinski definition) is 5. The van der Waals surface area contributed by atoms with E-state index in [2.05, 4.69) is 15.3 Å². The lowest BCUT2D eigenvalue weighted by Gasteiger charge is -2.18. The summed E-state index contributed by atoms with van der Waals surface area (Å²) in [4.78, 5) is 21.2. The van der Waals surface area contributed by atoms with Crippen LogP contribution in [0.25, 0.3) is 0 Å². The summed E-state index contributed by atoms with van der Waals surface area (Å²) in [5, 5.41) is 3.54. The summed E-state index contributed by atoms with van der Waals surface area (Å²) < 4.78 is 0. The minimum Gasteiger partial charge on any atom is -0.398 e. The molecule has 5 nitrogen and oxygen atoms in total. The number of aromatic nitrogens is 2. The number of nitrogen functional groups attached to an aromatic ring is 1. The Morgan fingerprint density at radius 1 is 1.14 bits per heavy atom. The Morgan fingerprint density at radius 2 is 1.86 bits per heavy atom. The minimum atomic E-state index is 0.0416. The molecule has 2 aromatic rings. The maximum absolute atomic E-state index is 11.4. The van der Waals surface area contributed by atoms with Crippen LogP contribution in [0.1, 0.15) is 23.4 Å². The number of aryl methyl sites for hydroxylation is 3. The number of carbonyl (C=O) groups is 1. The number of benzene rings is 1. The van der Waals surface area contributed by atoms with Gasteiger partial charge in [-0.05, 0) is 55.8 Å². The predicted octanol–water partition coefficient (Wildman–Crippen LogP) is 2.71. The molecular weight excluding hydrogens is 284 g/mol. The van der Waals surface area contributed by atoms with Crippen LogP contribution in [0.5, 0.6) is 0 Å². The molecule has 1 amide bonds. The third kappa shape index (κ3) is 3.00. The number of nitrogens with one attached hydrogen (secondary N) is 1. The van der Waals surface area contributed by atoms with Gasteiger partial charge in [-0.3, -0.25) is 4.79 Å². The van der Waals surface area contributed by atoms with E-state index in [4.69, 9.17) is 5.73 Å². The number of anilines is 2. The SMILES string of the molecule is Cc1cc(C)nc(Sc2cc3c(cc2N)NC(=O)CC3)n1. The van der Waals surface area contributed by atoms with E-state index < -0.39 is 0 Å². The van der Waals surface area contributed by atoms with Crippen LogP contribution in [-0.4, -0.2) is 15.9 Å². The summed E-state index contributed by atoms with van der Waals surface area (Å²) in [5.74, 6) is 0.0416. The maximum Gasteiger partial charge on any atom is 0.224 e. The number of nitrogens with zero attached hydrogens (tertiary/aromatic N) is 2. The molecule has 0 saturated carbocycles. The van der Waals surface area contributed by atoms with Crippen molar-refractivity contribution in [1.29, 1.82) is 0 Å². The van der Waals surface area contributed by atoms with Gasteiger partial charge in [0.05, 0.1) is 0 Å². The van der Waals surface area contributed by atoms with Crippen LogP contribution in [-0.2, 0) is 11.2 Å². The van der Waals surface area contributed by atoms with E-state index in [0.29, 0.717) is 17.3 Å². The molecule has 1 aromatic heterocycles. The zero-order valence-corrected chi connectivity index (χ0v) is 12.8. The van der Waals surface area contributed by atoms with Crippen molar-refractivity contribution in [1.82, 2.24) is 9.97 Å². The lowest BCUT2D eigenvalue weighted by Crippen LogP contribution is -2.19. The molecule has 0 radical (unpaired) electrons. The highest BCUT2D eigenvalue weighted by Gasteiger charge is 2.17. The highest BCUT2D eigenvalue weighted by Crippen LogP contribution is 2.36. The van der Waals surface area contributed by atoms with E-state index in [1.807, 2.05) is 32.0 Å². The largest absolute Gasteiger partial charge is 0.398 e. The molecule has 1 aromatic carbocycles. The summed E-state index contributed by atoms with van der Waals surface area (Å²) in [6.45, 7) is 3.90. The van der Waals surface area contributed by atoms with Gasteiger partial charge >= 0.3 is 0 Å². The van der Waals surface area contributed by atoms with Crippen molar-refractivity contribution in [3.05, 3.63) is 35.2 Å². The molecular formula is C15H16N4OS. The lowest BCUT2D eigenvalue weighted by molar-refractivity contribution is -0.116. The Bertz CT molecular complexity index is 710. The Hall–Kier alpha value is -2.08. The molecule has 3 rings (SSSR count). The molecule has 0 fully saturated rings. The zero-order chi connectivity index (χ0) is 15.0. The number of fused-ring (bicyclic) bond motifs is 1. The van der Waals surface area contributed by atoms with Gasteiger partial charge in [0.2, 0.25) is 5.91 Å². The van der Waals surface area contributed by atoms with Gasteiger partial charge in [0.15, 0.2) is 5.16 Å². The third-order valence-electron chi connectivity index (χ3n) is 3.29. The molecule has 108 valence electrons. The van der Waals surface area contributed by atoms with Crippen molar-refractivity contribution in [3.8, 4) is 0 Å². The van der Waals surface area contributed by atoms with E-state index in [9.17, 15) is 4.79 Å². The molecule has 0 bridgehead atoms. The van der Waals surface area contributed by atoms with Crippen LogP contribution in [0.2, 0.25) is 0 Å². The van der Waals surface area contributed by atoms with E-state index in [1.54, 1.807) is 0 Å². The molecule has 2 heterocycles. The highest BCUT2D eigenvalue weighted by atomic mass is 32.2. The fourth-order valence-electron chi connectivity index (χ4n) is 2.35. The first kappa shape index (κ1) is 13.9. The average molecular weight is 300 g/mol. The van der Waals surface area contributed by atoms with Crippen LogP contribution < -0.4 is 11.1 Å². The van der Waals surface area contributed by atoms with Crippen molar-refractivity contribution in [3.63, 3.8) is 0 Å². The highest BCUT2D eigenvalue weighted by molar-refractivity contribution is 7.99. The van der Waals surface area contributed by atoms with Gasteiger partial charge < -0.3 is 11.1 Å². The quantitative estimate of drug-likeness (QED) is 0.658. The van der Waals surface area contributed by atoms with E-state index in [0.717, 1.165) is 34.0 Å². The van der Waals surface area contributed by atoms with Crippen molar-refractivity contribution in [2.75, 3.05) is 11.1 Å². The first-order valence-corrected chi connectivity index (χ1v) is 7.55. The molecule has 1 aliphatic heterocycles. The molecule has 0 aliphatic carbocycles. The van der Waals surface area contributed by atoms with Gasteiger partial charge in [-0.15, -0.1) is 0 Å². The van der Waals surface area contributed by atoms with E-state index in [1.165, 1.54) is 11.8 Å².